The molecule has 0 fully saturated rings. The summed E-state index contributed by atoms with van der Waals surface area (Å²) in [5.74, 6) is -1.57. The van der Waals surface area contributed by atoms with E-state index in [0.29, 0.717) is 12.8 Å². The van der Waals surface area contributed by atoms with Crippen LogP contribution in [0.2, 0.25) is 0 Å². The van der Waals surface area contributed by atoms with E-state index >= 15 is 0 Å². The largest absolute Gasteiger partial charge is 0.481 e. The van der Waals surface area contributed by atoms with E-state index in [-0.39, 0.29) is 12.8 Å². The van der Waals surface area contributed by atoms with E-state index in [2.05, 4.69) is 11.6 Å². The van der Waals surface area contributed by atoms with Crippen LogP contribution in [0.3, 0.4) is 0 Å². The van der Waals surface area contributed by atoms with E-state index < -0.39 is 11.9 Å². The van der Waals surface area contributed by atoms with Crippen LogP contribution in [0.4, 0.5) is 0 Å². The van der Waals surface area contributed by atoms with Gasteiger partial charge in [0.05, 0.1) is 0 Å². The molecule has 0 aromatic rings. The van der Waals surface area contributed by atoms with Gasteiger partial charge in [-0.15, -0.1) is 11.6 Å². The minimum atomic E-state index is -0.784. The Morgan fingerprint density at radius 2 is 1.14 bits per heavy atom. The number of alkyl halides is 1. The number of rotatable bonds is 7. The monoisotopic (exact) mass is 224 g/mol. The SMILES string of the molecule is CCl.O=C(O)CCCCCCC(=O)O. The number of unbranched alkanes of at least 4 members (excludes halogenated alkanes) is 3. The van der Waals surface area contributed by atoms with Crippen LogP contribution in [0.15, 0.2) is 0 Å². The molecule has 4 nitrogen and oxygen atoms in total. The van der Waals surface area contributed by atoms with Crippen LogP contribution in [0.1, 0.15) is 38.5 Å². The van der Waals surface area contributed by atoms with Crippen molar-refractivity contribution in [2.24, 2.45) is 0 Å². The maximum absolute atomic E-state index is 10.0. The molecule has 0 saturated heterocycles. The molecule has 0 aliphatic heterocycles. The quantitative estimate of drug-likeness (QED) is 0.514. The molecule has 84 valence electrons. The minimum absolute atomic E-state index is 0.188. The molecule has 0 aromatic carbocycles. The normalized spacial score (nSPS) is 8.71. The summed E-state index contributed by atoms with van der Waals surface area (Å²) in [7, 11) is 0. The first-order valence-electron chi connectivity index (χ1n) is 4.44. The second kappa shape index (κ2) is 12.2. The number of carboxylic acids is 2. The molecular weight excluding hydrogens is 208 g/mol. The highest BCUT2D eigenvalue weighted by Crippen LogP contribution is 2.04. The fourth-order valence-corrected chi connectivity index (χ4v) is 0.906. The molecule has 0 saturated carbocycles. The summed E-state index contributed by atoms with van der Waals surface area (Å²) in [4.78, 5) is 20.1. The fraction of sp³-hybridized carbons (Fsp3) is 0.778. The van der Waals surface area contributed by atoms with E-state index in [4.69, 9.17) is 10.2 Å². The highest BCUT2D eigenvalue weighted by molar-refractivity contribution is 6.15. The lowest BCUT2D eigenvalue weighted by molar-refractivity contribution is -0.138. The van der Waals surface area contributed by atoms with Crippen molar-refractivity contribution in [2.75, 3.05) is 6.38 Å². The number of hydrogen-bond donors (Lipinski definition) is 2. The molecule has 0 unspecified atom stereocenters. The van der Waals surface area contributed by atoms with Crippen molar-refractivity contribution in [3.8, 4) is 0 Å². The number of halogens is 1. The zero-order chi connectivity index (χ0) is 11.4. The molecule has 14 heavy (non-hydrogen) atoms. The molecule has 0 aliphatic rings. The number of carbonyl (C=O) groups is 2. The summed E-state index contributed by atoms with van der Waals surface area (Å²) < 4.78 is 0. The van der Waals surface area contributed by atoms with Gasteiger partial charge in [0.2, 0.25) is 0 Å². The van der Waals surface area contributed by atoms with Crippen molar-refractivity contribution in [3.63, 3.8) is 0 Å². The number of aliphatic carboxylic acids is 2. The molecule has 0 amide bonds. The molecule has 2 N–H and O–H groups in total. The summed E-state index contributed by atoms with van der Waals surface area (Å²) in [6.45, 7) is 0. The zero-order valence-corrected chi connectivity index (χ0v) is 9.09. The van der Waals surface area contributed by atoms with E-state index in [9.17, 15) is 9.59 Å². The summed E-state index contributed by atoms with van der Waals surface area (Å²) in [5.41, 5.74) is 0. The van der Waals surface area contributed by atoms with Gasteiger partial charge >= 0.3 is 11.9 Å². The van der Waals surface area contributed by atoms with Crippen molar-refractivity contribution in [2.45, 2.75) is 38.5 Å². The number of hydrogen-bond acceptors (Lipinski definition) is 2. The molecule has 5 heteroatoms. The second-order valence-corrected chi connectivity index (χ2v) is 2.70. The van der Waals surface area contributed by atoms with Crippen molar-refractivity contribution < 1.29 is 19.8 Å². The van der Waals surface area contributed by atoms with Gasteiger partial charge in [0, 0.05) is 19.2 Å². The standard InChI is InChI=1S/C8H14O4.CH3Cl/c9-7(10)5-3-1-2-4-6-8(11)12;1-2/h1-6H2,(H,9,10)(H,11,12);1H3. The van der Waals surface area contributed by atoms with Crippen molar-refractivity contribution in [1.82, 2.24) is 0 Å². The lowest BCUT2D eigenvalue weighted by atomic mass is 10.1. The Bertz CT molecular complexity index is 141. The first kappa shape index (κ1) is 15.7. The van der Waals surface area contributed by atoms with Gasteiger partial charge < -0.3 is 10.2 Å². The molecule has 0 rings (SSSR count). The molecular formula is C9H17ClO4. The molecule has 0 bridgehead atoms. The van der Waals surface area contributed by atoms with E-state index in [1.165, 1.54) is 6.38 Å². The predicted octanol–water partition coefficient (Wildman–Crippen LogP) is 2.35. The van der Waals surface area contributed by atoms with Crippen LogP contribution in [0.25, 0.3) is 0 Å². The Labute approximate surface area is 88.9 Å². The summed E-state index contributed by atoms with van der Waals surface area (Å²) in [6.07, 6.45) is 4.75. The Morgan fingerprint density at radius 3 is 1.36 bits per heavy atom. The molecule has 0 spiro atoms. The van der Waals surface area contributed by atoms with Crippen LogP contribution in [-0.4, -0.2) is 28.5 Å². The molecule has 0 aliphatic carbocycles. The minimum Gasteiger partial charge on any atom is -0.481 e. The van der Waals surface area contributed by atoms with Crippen LogP contribution >= 0.6 is 11.6 Å². The first-order chi connectivity index (χ1) is 6.63. The maximum Gasteiger partial charge on any atom is 0.303 e. The highest BCUT2D eigenvalue weighted by Gasteiger charge is 1.98. The van der Waals surface area contributed by atoms with Gasteiger partial charge in [0.25, 0.3) is 0 Å². The molecule has 0 aromatic heterocycles. The van der Waals surface area contributed by atoms with Crippen molar-refractivity contribution >= 4 is 23.5 Å². The average molecular weight is 225 g/mol. The van der Waals surface area contributed by atoms with Gasteiger partial charge in [-0.25, -0.2) is 0 Å². The Kier molecular flexibility index (Phi) is 13.7. The Balaban J connectivity index is 0. The number of carboxylic acid groups (broad SMARTS) is 2. The van der Waals surface area contributed by atoms with Crippen molar-refractivity contribution in [3.05, 3.63) is 0 Å². The van der Waals surface area contributed by atoms with Crippen molar-refractivity contribution in [1.29, 1.82) is 0 Å². The van der Waals surface area contributed by atoms with Gasteiger partial charge in [0.1, 0.15) is 0 Å². The zero-order valence-electron chi connectivity index (χ0n) is 8.33. The van der Waals surface area contributed by atoms with Gasteiger partial charge in [-0.1, -0.05) is 12.8 Å². The first-order valence-corrected chi connectivity index (χ1v) is 5.20. The topological polar surface area (TPSA) is 74.6 Å². The molecule has 0 radical (unpaired) electrons. The molecule has 0 atom stereocenters. The van der Waals surface area contributed by atoms with Crippen LogP contribution in [-0.2, 0) is 9.59 Å². The third-order valence-corrected chi connectivity index (χ3v) is 1.53. The van der Waals surface area contributed by atoms with E-state index in [1.807, 2.05) is 0 Å². The van der Waals surface area contributed by atoms with Gasteiger partial charge in [-0.3, -0.25) is 9.59 Å². The third kappa shape index (κ3) is 17.4. The molecule has 0 heterocycles. The Hall–Kier alpha value is -0.770. The van der Waals surface area contributed by atoms with Gasteiger partial charge in [0.15, 0.2) is 0 Å². The second-order valence-electron chi connectivity index (χ2n) is 2.70. The third-order valence-electron chi connectivity index (χ3n) is 1.53. The summed E-state index contributed by atoms with van der Waals surface area (Å²) >= 11 is 4.64. The van der Waals surface area contributed by atoms with Crippen LogP contribution < -0.4 is 0 Å². The van der Waals surface area contributed by atoms with E-state index in [0.717, 1.165) is 12.8 Å². The summed E-state index contributed by atoms with van der Waals surface area (Å²) in [6, 6.07) is 0. The van der Waals surface area contributed by atoms with Crippen LogP contribution in [0, 0.1) is 0 Å². The van der Waals surface area contributed by atoms with E-state index in [1.54, 1.807) is 0 Å². The average Bonchev–Trinajstić information content (AvgIpc) is 2.13. The van der Waals surface area contributed by atoms with Crippen LogP contribution in [0.5, 0.6) is 0 Å². The highest BCUT2D eigenvalue weighted by atomic mass is 35.5. The lowest BCUT2D eigenvalue weighted by Gasteiger charge is -1.96. The Morgan fingerprint density at radius 1 is 0.857 bits per heavy atom. The maximum atomic E-state index is 10.0. The smallest absolute Gasteiger partial charge is 0.303 e. The van der Waals surface area contributed by atoms with Gasteiger partial charge in [-0.05, 0) is 12.8 Å². The fourth-order valence-electron chi connectivity index (χ4n) is 0.906. The van der Waals surface area contributed by atoms with Gasteiger partial charge in [-0.2, -0.15) is 0 Å². The predicted molar refractivity (Wildman–Crippen MR) is 54.8 cm³/mol. The summed E-state index contributed by atoms with van der Waals surface area (Å²) in [5, 5.41) is 16.5. The lowest BCUT2D eigenvalue weighted by Crippen LogP contribution is -1.95.